The number of ether oxygens (including phenoxy) is 4. The summed E-state index contributed by atoms with van der Waals surface area (Å²) in [7, 11) is 3.41. The lowest BCUT2D eigenvalue weighted by Crippen LogP contribution is -2.56. The van der Waals surface area contributed by atoms with E-state index in [1.165, 1.54) is 84.9 Å². The van der Waals surface area contributed by atoms with Crippen molar-refractivity contribution >= 4 is 168 Å². The van der Waals surface area contributed by atoms with Crippen LogP contribution in [0.1, 0.15) is 193 Å². The predicted octanol–water partition coefficient (Wildman–Crippen LogP) is 3.88. The number of ketones is 7. The number of aliphatic carboxylic acids is 6. The fourth-order valence-corrected chi connectivity index (χ4v) is 20.4. The van der Waals surface area contributed by atoms with Gasteiger partial charge in [-0.2, -0.15) is 16.7 Å². The Morgan fingerprint density at radius 3 is 1.87 bits per heavy atom. The van der Waals surface area contributed by atoms with Crippen LogP contribution in [0.25, 0.3) is 22.3 Å². The Morgan fingerprint density at radius 2 is 1.26 bits per heavy atom. The van der Waals surface area contributed by atoms with Crippen molar-refractivity contribution in [3.63, 3.8) is 0 Å². The Morgan fingerprint density at radius 1 is 0.664 bits per heavy atom. The number of methoxy groups -OCH3 is 1. The molecule has 4 unspecified atom stereocenters. The molecule has 0 saturated carbocycles. The number of nitrogens with two attached hydrogens (primary N) is 1. The first-order valence-electron chi connectivity index (χ1n) is 46.6. The summed E-state index contributed by atoms with van der Waals surface area (Å²) in [6.45, 7) is 2.81. The van der Waals surface area contributed by atoms with E-state index in [0.717, 1.165) is 34.3 Å². The molecule has 3 aliphatic carbocycles. The minimum Gasteiger partial charge on any atom is -0.507 e. The first-order chi connectivity index (χ1) is 70.8. The molecule has 50 heteroatoms. The van der Waals surface area contributed by atoms with Crippen molar-refractivity contribution < 1.29 is 166 Å². The number of nitrogens with zero attached hydrogens (tertiary/aromatic N) is 3. The number of nitrogen functional groups attached to an aromatic ring is 1. The molecule has 149 heavy (non-hydrogen) atoms. The number of carbonyl (C=O) groups is 19. The van der Waals surface area contributed by atoms with Gasteiger partial charge in [-0.1, -0.05) is 89.2 Å². The van der Waals surface area contributed by atoms with Crippen molar-refractivity contribution in [2.75, 3.05) is 60.9 Å². The number of terminal acetylenes is 1. The normalized spacial score (nSPS) is 17.8. The number of carboxylic acids is 6. The summed E-state index contributed by atoms with van der Waals surface area (Å²) in [5, 5.41) is 131. The maximum atomic E-state index is 14.1. The number of carboxylic acid groups (broad SMARTS) is 6. The zero-order valence-corrected chi connectivity index (χ0v) is 83.0. The van der Waals surface area contributed by atoms with Gasteiger partial charge in [0.25, 0.3) is 11.5 Å². The van der Waals surface area contributed by atoms with Crippen molar-refractivity contribution in [1.82, 2.24) is 51.8 Å². The highest BCUT2D eigenvalue weighted by molar-refractivity contribution is 8.76. The summed E-state index contributed by atoms with van der Waals surface area (Å²) < 4.78 is 22.8. The molecule has 14 atom stereocenters. The molecule has 7 aromatic rings. The van der Waals surface area contributed by atoms with E-state index < -0.39 is 302 Å². The number of amides is 6. The number of carbonyl (C=O) groups excluding carboxylic acids is 13. The van der Waals surface area contributed by atoms with Crippen molar-refractivity contribution in [2.24, 2.45) is 23.7 Å². The summed E-state index contributed by atoms with van der Waals surface area (Å²) >= 11 is 1.65. The maximum Gasteiger partial charge on any atom is 0.407 e. The van der Waals surface area contributed by atoms with E-state index >= 15 is 0 Å². The fraction of sp³-hybridized carbons (Fsp3) is 0.424. The van der Waals surface area contributed by atoms with E-state index in [2.05, 4.69) is 87.3 Å². The van der Waals surface area contributed by atoms with Gasteiger partial charge in [0, 0.05) is 121 Å². The number of aromatic amines is 1. The number of aliphatic hydroxyl groups is 3. The molecule has 2 aromatic heterocycles. The van der Waals surface area contributed by atoms with E-state index in [9.17, 15) is 147 Å². The van der Waals surface area contributed by atoms with Gasteiger partial charge in [-0.15, -0.1) is 12.3 Å². The number of benzene rings is 5. The molecule has 794 valence electrons. The molecular weight excluding hydrogens is 2010 g/mol. The molecule has 4 aliphatic rings. The third kappa shape index (κ3) is 30.8. The standard InChI is InChI=1S/C60H67N3O20S3.C39H43N9O15/c1-4-30(25-61-45(67)16-18-84-28-38-34-12-7-5-10-32(34)33-11-6-8-13-35(33)38)57(75)62-39(21-46(68)69)41(65)20-31(58(76)77)27-86-85-19-17-81-59(78)63-40-22-47(82-29(2)52(40)70)83-43-24-60(79,44(66)26-64)23-37-49(43)56(74)51-50(54(37)72)53(71)36-14-9-15-42(80-3)48(36)55(51)73;1-3-4-25(28(51)12-21(14-30(54)55)36(60)46-27(18(2)49)15-31(56)57)44-35(59)20(13-29(52)53)11-24(50)9-10-26(38(62)63)45-34(58)19-5-7-22(8-6-19)41-16-23-17-42-33-32(43-23)37(61)48-39(40)47-33/h5-15,29-31,38-40,43,47,52,64,70,72,74,79H,4,16-28H2,1-3H3,(H,61,67)(H,62,75)(H,63,78)(H,68,69)(H,76,77);1,5-8,17,20-21,25-27,41H,4,9-16H2,2H3,(H,44,59)(H,45,58)(H,46,60)(H,52,53)(H,54,55)(H,56,57)(H,62,63)(H3,40,42,47,48,61)/t29?,30-,31-,39-,40?,43-,47?,52?,60-;20-,21-,25-,26-,27-/m00/s1. The van der Waals surface area contributed by atoms with Crippen LogP contribution in [0.15, 0.2) is 102 Å². The molecule has 21 N–H and O–H groups in total. The molecule has 1 fully saturated rings. The zero-order valence-electron chi connectivity index (χ0n) is 80.5. The molecule has 0 bridgehead atoms. The number of aromatic hydroxyl groups is 2. The van der Waals surface area contributed by atoms with Crippen molar-refractivity contribution in [3.05, 3.63) is 163 Å². The van der Waals surface area contributed by atoms with Crippen molar-refractivity contribution in [2.45, 2.75) is 190 Å². The topological polar surface area (TPSA) is 766 Å². The molecule has 0 spiro atoms. The monoisotopic (exact) mass is 2120 g/mol. The number of hydrogen-bond donors (Lipinski definition) is 20. The van der Waals surface area contributed by atoms with Crippen LogP contribution in [0.4, 0.5) is 16.4 Å². The summed E-state index contributed by atoms with van der Waals surface area (Å²) in [5.74, 6) is -22.5. The Labute approximate surface area is 860 Å². The average molecular weight is 2120 g/mol. The van der Waals surface area contributed by atoms with Crippen LogP contribution >= 0.6 is 33.3 Å². The molecule has 47 nitrogen and oxygen atoms in total. The van der Waals surface area contributed by atoms with Crippen LogP contribution in [0, 0.1) is 36.0 Å². The van der Waals surface area contributed by atoms with Crippen LogP contribution in [0.2, 0.25) is 0 Å². The number of fused-ring (bicyclic) bond motifs is 7. The van der Waals surface area contributed by atoms with Gasteiger partial charge in [-0.05, 0) is 79.3 Å². The van der Waals surface area contributed by atoms with E-state index in [1.54, 1.807) is 18.7 Å². The Bertz CT molecular complexity index is 6370. The summed E-state index contributed by atoms with van der Waals surface area (Å²) in [6.07, 6.45) is -8.13. The van der Waals surface area contributed by atoms with Crippen LogP contribution < -0.4 is 53.2 Å². The number of hydrogen-bond acceptors (Lipinski definition) is 37. The van der Waals surface area contributed by atoms with Crippen LogP contribution in [0.5, 0.6) is 17.2 Å². The van der Waals surface area contributed by atoms with E-state index in [-0.39, 0.29) is 113 Å². The number of rotatable bonds is 54. The Hall–Kier alpha value is -15.1. The lowest BCUT2D eigenvalue weighted by Gasteiger charge is -2.42. The Kier molecular flexibility index (Phi) is 41.5. The van der Waals surface area contributed by atoms with Gasteiger partial charge in [-0.25, -0.2) is 19.6 Å². The molecule has 6 amide bonds. The number of H-pyrrole nitrogens is 1. The van der Waals surface area contributed by atoms with Crippen molar-refractivity contribution in [3.8, 4) is 40.7 Å². The minimum absolute atomic E-state index is 0.0134. The molecule has 0 radical (unpaired) electrons. The van der Waals surface area contributed by atoms with Crippen LogP contribution in [-0.4, -0.2) is 292 Å². The third-order valence-electron chi connectivity index (χ3n) is 25.0. The second-order valence-electron chi connectivity index (χ2n) is 35.4. The highest BCUT2D eigenvalue weighted by atomic mass is 33.1. The number of alkyl carbamates (subject to hydrolysis) is 1. The molecule has 11 rings (SSSR count). The third-order valence-corrected chi connectivity index (χ3v) is 28.5. The van der Waals surface area contributed by atoms with Gasteiger partial charge < -0.3 is 118 Å². The number of aromatic nitrogens is 4. The highest BCUT2D eigenvalue weighted by Gasteiger charge is 2.51. The van der Waals surface area contributed by atoms with Gasteiger partial charge in [0.1, 0.15) is 54.0 Å². The van der Waals surface area contributed by atoms with Gasteiger partial charge in [-0.3, -0.25) is 91.3 Å². The second-order valence-corrected chi connectivity index (χ2v) is 39.2. The van der Waals surface area contributed by atoms with Gasteiger partial charge in [0.2, 0.25) is 35.4 Å². The second kappa shape index (κ2) is 53.5. The van der Waals surface area contributed by atoms with Crippen LogP contribution in [-0.2, 0) is 99.1 Å². The predicted molar refractivity (Wildman–Crippen MR) is 530 cm³/mol. The van der Waals surface area contributed by atoms with Crippen molar-refractivity contribution in [1.29, 1.82) is 0 Å². The number of anilines is 2. The lowest BCUT2D eigenvalue weighted by atomic mass is 9.72. The van der Waals surface area contributed by atoms with E-state index in [1.807, 2.05) is 24.3 Å². The largest absolute Gasteiger partial charge is 0.507 e. The van der Waals surface area contributed by atoms with Gasteiger partial charge in [0.05, 0.1) is 128 Å². The number of phenolic OH excluding ortho intramolecular Hbond substituents is 2. The number of nitrogens with one attached hydrogen (secondary N) is 8. The smallest absolute Gasteiger partial charge is 0.407 e. The Balaban J connectivity index is 0.000000321. The van der Waals surface area contributed by atoms with Gasteiger partial charge >= 0.3 is 41.9 Å². The van der Waals surface area contributed by atoms with E-state index in [0.29, 0.717) is 17.1 Å². The summed E-state index contributed by atoms with van der Waals surface area (Å²) in [5.41, 5.74) is 6.33. The van der Waals surface area contributed by atoms with E-state index in [4.69, 9.17) is 36.2 Å². The quantitative estimate of drug-likeness (QED) is 0.0111. The maximum absolute atomic E-state index is 14.1. The SMILES string of the molecule is C#CC[C@H](NC(=O)[C@H](CC(=O)O)CC(=O)CC[C@H](NC(=O)c1ccc(NCc2cnc3nc(N)[nH]c(=O)c3n2)cc1)C(=O)O)C(=O)C[C@@H](CC(=O)O)C(=O)N[C@@H](CC(=O)O)C(C)=O.CC[C@@H](CNC(=O)CCSCC1c2ccccc2-c2ccccc21)C(=O)N[C@@H](CC(=O)O)C(=O)C[C@@H](CSSCCOC(=O)NC1CC(O[C@H]2C[C@](O)(C(=O)CO)Cc3c(O)c4c(c(O)c32)C(=O)c2c(OC)cccc2C4=O)OC(C)C1O)C(=O)O. The number of aliphatic hydroxyl groups excluding tert-OH is 2. The minimum atomic E-state index is -2.43. The lowest BCUT2D eigenvalue weighted by molar-refractivity contribution is -0.249. The number of phenols is 2. The average Bonchev–Trinajstić information content (AvgIpc) is 1.58. The first kappa shape index (κ1) is 116. The molecule has 3 heterocycles. The fourth-order valence-electron chi connectivity index (χ4n) is 17.2. The van der Waals surface area contributed by atoms with Crippen LogP contribution in [0.3, 0.4) is 0 Å². The molecular formula is C99H110N12O35S3. The summed E-state index contributed by atoms with van der Waals surface area (Å²) in [6, 6.07) is 19.1. The molecule has 5 aromatic carbocycles. The molecule has 1 saturated heterocycles. The zero-order chi connectivity index (χ0) is 109. The summed E-state index contributed by atoms with van der Waals surface area (Å²) in [4.78, 5) is 268. The molecule has 1 aliphatic heterocycles. The highest BCUT2D eigenvalue weighted by Crippen LogP contribution is 2.53. The first-order valence-corrected chi connectivity index (χ1v) is 50.3. The van der Waals surface area contributed by atoms with Gasteiger partial charge in [0.15, 0.2) is 46.4 Å². The number of thioether (sulfide) groups is 1. The number of Topliss-reactive ketones (excluding diaryl/α,β-unsaturated/α-hetero) is 5.